The van der Waals surface area contributed by atoms with Crippen molar-refractivity contribution < 1.29 is 0 Å². The van der Waals surface area contributed by atoms with Gasteiger partial charge in [-0.2, -0.15) is 0 Å². The molecule has 3 nitrogen and oxygen atoms in total. The van der Waals surface area contributed by atoms with Crippen LogP contribution in [0.25, 0.3) is 0 Å². The van der Waals surface area contributed by atoms with E-state index in [9.17, 15) is 0 Å². The first kappa shape index (κ1) is 10.9. The van der Waals surface area contributed by atoms with Gasteiger partial charge in [-0.1, -0.05) is 15.9 Å². The van der Waals surface area contributed by atoms with Crippen molar-refractivity contribution in [3.8, 4) is 0 Å². The molecule has 1 aliphatic rings. The van der Waals surface area contributed by atoms with Crippen LogP contribution in [0, 0.1) is 0 Å². The second-order valence-corrected chi connectivity index (χ2v) is 4.51. The molecule has 0 amide bonds. The molecule has 1 saturated heterocycles. The average Bonchev–Trinajstić information content (AvgIpc) is 2.30. The van der Waals surface area contributed by atoms with Crippen LogP contribution < -0.4 is 4.90 Å². The minimum atomic E-state index is 0.899. The van der Waals surface area contributed by atoms with E-state index in [1.165, 1.54) is 5.56 Å². The number of hydrogen-bond acceptors (Lipinski definition) is 3. The Hall–Kier alpha value is -0.610. The van der Waals surface area contributed by atoms with Crippen molar-refractivity contribution in [1.82, 2.24) is 9.88 Å². The van der Waals surface area contributed by atoms with E-state index < -0.39 is 0 Å². The Kier molecular flexibility index (Phi) is 3.59. The Morgan fingerprint density at radius 3 is 2.73 bits per heavy atom. The van der Waals surface area contributed by atoms with Crippen LogP contribution in [0.1, 0.15) is 5.56 Å². The molecule has 0 bridgehead atoms. The first-order valence-electron chi connectivity index (χ1n) is 5.24. The third-order valence-corrected chi connectivity index (χ3v) is 3.44. The molecule has 0 aromatic carbocycles. The molecule has 0 unspecified atom stereocenters. The number of aromatic nitrogens is 1. The second kappa shape index (κ2) is 4.94. The van der Waals surface area contributed by atoms with Crippen LogP contribution in [0.15, 0.2) is 18.3 Å². The van der Waals surface area contributed by atoms with Crippen LogP contribution in [-0.4, -0.2) is 43.1 Å². The minimum Gasteiger partial charge on any atom is -0.354 e. The number of likely N-dealkylation sites (N-methyl/N-ethyl adjacent to an activating group) is 1. The summed E-state index contributed by atoms with van der Waals surface area (Å²) in [5.41, 5.74) is 1.29. The lowest BCUT2D eigenvalue weighted by molar-refractivity contribution is 0.312. The number of halogens is 1. The van der Waals surface area contributed by atoms with Crippen LogP contribution in [0.3, 0.4) is 0 Å². The van der Waals surface area contributed by atoms with E-state index in [1.807, 2.05) is 12.3 Å². The normalized spacial score (nSPS) is 18.1. The standard InChI is InChI=1S/C11H16BrN3/c1-14-4-6-15(7-5-14)11-8-10(9-12)2-3-13-11/h2-3,8H,4-7,9H2,1H3. The van der Waals surface area contributed by atoms with Gasteiger partial charge in [0.15, 0.2) is 0 Å². The molecular formula is C11H16BrN3. The number of nitrogens with zero attached hydrogens (tertiary/aromatic N) is 3. The Labute approximate surface area is 99.2 Å². The third-order valence-electron chi connectivity index (χ3n) is 2.79. The highest BCUT2D eigenvalue weighted by molar-refractivity contribution is 9.08. The molecule has 0 atom stereocenters. The van der Waals surface area contributed by atoms with Crippen LogP contribution in [-0.2, 0) is 5.33 Å². The van der Waals surface area contributed by atoms with Gasteiger partial charge >= 0.3 is 0 Å². The molecule has 1 aromatic rings. The molecule has 15 heavy (non-hydrogen) atoms. The van der Waals surface area contributed by atoms with E-state index in [2.05, 4.69) is 43.8 Å². The van der Waals surface area contributed by atoms with Gasteiger partial charge in [-0.3, -0.25) is 0 Å². The topological polar surface area (TPSA) is 19.4 Å². The molecule has 0 aliphatic carbocycles. The lowest BCUT2D eigenvalue weighted by Crippen LogP contribution is -2.44. The summed E-state index contributed by atoms with van der Waals surface area (Å²) in [6.07, 6.45) is 1.89. The van der Waals surface area contributed by atoms with Crippen LogP contribution in [0.4, 0.5) is 5.82 Å². The Bertz CT molecular complexity index is 321. The first-order valence-corrected chi connectivity index (χ1v) is 6.36. The Morgan fingerprint density at radius 2 is 2.07 bits per heavy atom. The van der Waals surface area contributed by atoms with Gasteiger partial charge < -0.3 is 9.80 Å². The molecule has 0 spiro atoms. The van der Waals surface area contributed by atoms with E-state index in [4.69, 9.17) is 0 Å². The van der Waals surface area contributed by atoms with Gasteiger partial charge in [0, 0.05) is 37.7 Å². The SMILES string of the molecule is CN1CCN(c2cc(CBr)ccn2)CC1. The van der Waals surface area contributed by atoms with Gasteiger partial charge in [0.25, 0.3) is 0 Å². The summed E-state index contributed by atoms with van der Waals surface area (Å²) in [6.45, 7) is 4.41. The van der Waals surface area contributed by atoms with Gasteiger partial charge in [0.2, 0.25) is 0 Å². The van der Waals surface area contributed by atoms with Gasteiger partial charge in [-0.25, -0.2) is 4.98 Å². The predicted octanol–water partition coefficient (Wildman–Crippen LogP) is 1.73. The van der Waals surface area contributed by atoms with E-state index in [0.717, 1.165) is 37.3 Å². The number of rotatable bonds is 2. The molecule has 1 aromatic heterocycles. The third kappa shape index (κ3) is 2.69. The molecule has 1 aliphatic heterocycles. The maximum atomic E-state index is 4.42. The summed E-state index contributed by atoms with van der Waals surface area (Å²) in [7, 11) is 2.17. The summed E-state index contributed by atoms with van der Waals surface area (Å²) in [5, 5.41) is 0.899. The van der Waals surface area contributed by atoms with Crippen molar-refractivity contribution in [2.75, 3.05) is 38.1 Å². The zero-order chi connectivity index (χ0) is 10.7. The molecule has 0 saturated carbocycles. The molecule has 2 rings (SSSR count). The number of piperazine rings is 1. The summed E-state index contributed by atoms with van der Waals surface area (Å²) < 4.78 is 0. The first-order chi connectivity index (χ1) is 7.29. The highest BCUT2D eigenvalue weighted by Crippen LogP contribution is 2.16. The fourth-order valence-corrected chi connectivity index (χ4v) is 2.10. The Morgan fingerprint density at radius 1 is 1.33 bits per heavy atom. The van der Waals surface area contributed by atoms with Crippen molar-refractivity contribution in [2.24, 2.45) is 0 Å². The quantitative estimate of drug-likeness (QED) is 0.763. The lowest BCUT2D eigenvalue weighted by Gasteiger charge is -2.33. The molecular weight excluding hydrogens is 254 g/mol. The van der Waals surface area contributed by atoms with Gasteiger partial charge in [0.05, 0.1) is 0 Å². The molecule has 0 N–H and O–H groups in total. The highest BCUT2D eigenvalue weighted by atomic mass is 79.9. The fraction of sp³-hybridized carbons (Fsp3) is 0.545. The minimum absolute atomic E-state index is 0.899. The summed E-state index contributed by atoms with van der Waals surface area (Å²) in [6, 6.07) is 4.22. The van der Waals surface area contributed by atoms with Crippen LogP contribution >= 0.6 is 15.9 Å². The zero-order valence-electron chi connectivity index (χ0n) is 8.99. The molecule has 2 heterocycles. The van der Waals surface area contributed by atoms with Gasteiger partial charge in [-0.15, -0.1) is 0 Å². The van der Waals surface area contributed by atoms with E-state index in [-0.39, 0.29) is 0 Å². The second-order valence-electron chi connectivity index (χ2n) is 3.95. The molecule has 4 heteroatoms. The fourth-order valence-electron chi connectivity index (χ4n) is 1.75. The predicted molar refractivity (Wildman–Crippen MR) is 66.6 cm³/mol. The number of anilines is 1. The van der Waals surface area contributed by atoms with Crippen LogP contribution in [0.5, 0.6) is 0 Å². The lowest BCUT2D eigenvalue weighted by atomic mass is 10.2. The maximum Gasteiger partial charge on any atom is 0.128 e. The highest BCUT2D eigenvalue weighted by Gasteiger charge is 2.14. The van der Waals surface area contributed by atoms with Crippen LogP contribution in [0.2, 0.25) is 0 Å². The summed E-state index contributed by atoms with van der Waals surface area (Å²) in [5.74, 6) is 1.11. The number of pyridine rings is 1. The number of hydrogen-bond donors (Lipinski definition) is 0. The monoisotopic (exact) mass is 269 g/mol. The zero-order valence-corrected chi connectivity index (χ0v) is 10.6. The van der Waals surface area contributed by atoms with E-state index in [0.29, 0.717) is 0 Å². The largest absolute Gasteiger partial charge is 0.354 e. The summed E-state index contributed by atoms with van der Waals surface area (Å²) >= 11 is 3.47. The van der Waals surface area contributed by atoms with Gasteiger partial charge in [0.1, 0.15) is 5.82 Å². The van der Waals surface area contributed by atoms with Crippen molar-refractivity contribution in [2.45, 2.75) is 5.33 Å². The molecule has 1 fully saturated rings. The average molecular weight is 270 g/mol. The smallest absolute Gasteiger partial charge is 0.128 e. The maximum absolute atomic E-state index is 4.42. The van der Waals surface area contributed by atoms with E-state index in [1.54, 1.807) is 0 Å². The molecule has 82 valence electrons. The van der Waals surface area contributed by atoms with E-state index >= 15 is 0 Å². The van der Waals surface area contributed by atoms with Crippen molar-refractivity contribution in [3.63, 3.8) is 0 Å². The number of alkyl halides is 1. The summed E-state index contributed by atoms with van der Waals surface area (Å²) in [4.78, 5) is 9.13. The Balaban J connectivity index is 2.08. The van der Waals surface area contributed by atoms with Crippen molar-refractivity contribution in [3.05, 3.63) is 23.9 Å². The van der Waals surface area contributed by atoms with Gasteiger partial charge in [-0.05, 0) is 24.7 Å². The van der Waals surface area contributed by atoms with Crippen molar-refractivity contribution >= 4 is 21.7 Å². The van der Waals surface area contributed by atoms with Crippen molar-refractivity contribution in [1.29, 1.82) is 0 Å². The molecule has 0 radical (unpaired) electrons.